The van der Waals surface area contributed by atoms with Crippen LogP contribution in [-0.2, 0) is 9.84 Å². The number of nitrogens with one attached hydrogen (secondary N) is 1. The highest BCUT2D eigenvalue weighted by atomic mass is 32.2. The first-order chi connectivity index (χ1) is 9.41. The van der Waals surface area contributed by atoms with Gasteiger partial charge in [0, 0.05) is 12.8 Å². The lowest BCUT2D eigenvalue weighted by Crippen LogP contribution is -2.15. The molecule has 20 heavy (non-hydrogen) atoms. The zero-order valence-electron chi connectivity index (χ0n) is 11.3. The van der Waals surface area contributed by atoms with Crippen molar-refractivity contribution in [1.29, 1.82) is 0 Å². The van der Waals surface area contributed by atoms with E-state index in [1.165, 1.54) is 12.1 Å². The van der Waals surface area contributed by atoms with Crippen LogP contribution in [0.3, 0.4) is 0 Å². The van der Waals surface area contributed by atoms with E-state index in [1.54, 1.807) is 6.07 Å². The van der Waals surface area contributed by atoms with E-state index in [0.717, 1.165) is 24.7 Å². The first-order valence-corrected chi connectivity index (χ1v) is 8.31. The van der Waals surface area contributed by atoms with Crippen LogP contribution < -0.4 is 10.9 Å². The minimum absolute atomic E-state index is 0.142. The maximum absolute atomic E-state index is 12.1. The molecule has 0 amide bonds. The number of anilines is 1. The van der Waals surface area contributed by atoms with Crippen molar-refractivity contribution in [2.24, 2.45) is 0 Å². The number of sulfone groups is 1. The Kier molecular flexibility index (Phi) is 2.82. The van der Waals surface area contributed by atoms with Crippen molar-refractivity contribution in [3.8, 4) is 0 Å². The van der Waals surface area contributed by atoms with Gasteiger partial charge in [0.1, 0.15) is 0 Å². The Bertz CT molecular complexity index is 855. The molecule has 0 aliphatic carbocycles. The molecule has 0 fully saturated rings. The van der Waals surface area contributed by atoms with Gasteiger partial charge < -0.3 is 9.88 Å². The summed E-state index contributed by atoms with van der Waals surface area (Å²) in [6.07, 6.45) is 2.04. The Morgan fingerprint density at radius 1 is 1.45 bits per heavy atom. The molecule has 1 atom stereocenters. The lowest BCUT2D eigenvalue weighted by molar-refractivity contribution is 0.564. The summed E-state index contributed by atoms with van der Waals surface area (Å²) >= 11 is 0. The molecule has 2 heterocycles. The second-order valence-electron chi connectivity index (χ2n) is 5.00. The maximum Gasteiger partial charge on any atom is 0.282 e. The summed E-state index contributed by atoms with van der Waals surface area (Å²) in [4.78, 5) is 16.2. The standard InChI is InChI=1S/C13H15N3O3S/c1-3-8-7-14-13-15-12(17)10-6-9(20(2,18)19)4-5-11(10)16(8)13/h4-6,8H,3,7H2,1-2H3,(H,14,15,17)/t8-/m0/s1. The monoisotopic (exact) mass is 293 g/mol. The molecule has 0 saturated carbocycles. The van der Waals surface area contributed by atoms with Crippen LogP contribution in [-0.4, -0.2) is 30.8 Å². The normalized spacial score (nSPS) is 18.0. The summed E-state index contributed by atoms with van der Waals surface area (Å²) in [7, 11) is -3.34. The highest BCUT2D eigenvalue weighted by Crippen LogP contribution is 2.28. The molecule has 106 valence electrons. The van der Waals surface area contributed by atoms with Gasteiger partial charge in [0.15, 0.2) is 9.84 Å². The van der Waals surface area contributed by atoms with Crippen LogP contribution >= 0.6 is 0 Å². The molecule has 7 heteroatoms. The Hall–Kier alpha value is -1.89. The number of fused-ring (bicyclic) bond motifs is 3. The van der Waals surface area contributed by atoms with Crippen LogP contribution in [0, 0.1) is 0 Å². The van der Waals surface area contributed by atoms with Crippen molar-refractivity contribution >= 4 is 26.7 Å². The minimum atomic E-state index is -3.34. The van der Waals surface area contributed by atoms with E-state index in [1.807, 2.05) is 4.57 Å². The molecule has 1 aliphatic heterocycles. The fourth-order valence-corrected chi connectivity index (χ4v) is 3.22. The molecule has 0 unspecified atom stereocenters. The lowest BCUT2D eigenvalue weighted by atomic mass is 10.2. The Morgan fingerprint density at radius 2 is 2.20 bits per heavy atom. The average Bonchev–Trinajstić information content (AvgIpc) is 2.80. The molecule has 1 aromatic carbocycles. The molecular formula is C13H15N3O3S. The lowest BCUT2D eigenvalue weighted by Gasteiger charge is -2.14. The van der Waals surface area contributed by atoms with Crippen molar-refractivity contribution in [2.75, 3.05) is 18.1 Å². The topological polar surface area (TPSA) is 81.1 Å². The van der Waals surface area contributed by atoms with E-state index in [-0.39, 0.29) is 10.9 Å². The first kappa shape index (κ1) is 13.1. The summed E-state index contributed by atoms with van der Waals surface area (Å²) in [5.74, 6) is 0.557. The van der Waals surface area contributed by atoms with Crippen LogP contribution in [0.4, 0.5) is 5.95 Å². The minimum Gasteiger partial charge on any atom is -0.353 e. The molecule has 1 aromatic heterocycles. The molecule has 3 rings (SSSR count). The van der Waals surface area contributed by atoms with E-state index in [2.05, 4.69) is 17.2 Å². The highest BCUT2D eigenvalue weighted by Gasteiger charge is 2.24. The summed E-state index contributed by atoms with van der Waals surface area (Å²) in [5.41, 5.74) is 0.324. The van der Waals surface area contributed by atoms with Gasteiger partial charge in [-0.25, -0.2) is 8.42 Å². The number of hydrogen-bond acceptors (Lipinski definition) is 5. The van der Waals surface area contributed by atoms with Gasteiger partial charge in [0.2, 0.25) is 5.95 Å². The fourth-order valence-electron chi connectivity index (χ4n) is 2.57. The molecule has 1 aliphatic rings. The molecule has 2 aromatic rings. The number of benzene rings is 1. The molecule has 6 nitrogen and oxygen atoms in total. The van der Waals surface area contributed by atoms with Gasteiger partial charge >= 0.3 is 0 Å². The number of aromatic nitrogens is 2. The van der Waals surface area contributed by atoms with E-state index >= 15 is 0 Å². The SMILES string of the molecule is CC[C@H]1CNc2nc(=O)c3cc(S(C)(=O)=O)ccc3n21. The Balaban J connectivity index is 2.37. The summed E-state index contributed by atoms with van der Waals surface area (Å²) in [6.45, 7) is 2.80. The quantitative estimate of drug-likeness (QED) is 0.899. The molecule has 0 radical (unpaired) electrons. The van der Waals surface area contributed by atoms with Crippen molar-refractivity contribution in [1.82, 2.24) is 9.55 Å². The Labute approximate surface area is 116 Å². The van der Waals surface area contributed by atoms with Crippen molar-refractivity contribution < 1.29 is 8.42 Å². The fraction of sp³-hybridized carbons (Fsp3) is 0.385. The van der Waals surface area contributed by atoms with Crippen molar-refractivity contribution in [3.63, 3.8) is 0 Å². The van der Waals surface area contributed by atoms with E-state index in [9.17, 15) is 13.2 Å². The highest BCUT2D eigenvalue weighted by molar-refractivity contribution is 7.90. The Morgan fingerprint density at radius 3 is 2.85 bits per heavy atom. The van der Waals surface area contributed by atoms with Crippen LogP contribution in [0.1, 0.15) is 19.4 Å². The van der Waals surface area contributed by atoms with E-state index in [0.29, 0.717) is 11.3 Å². The van der Waals surface area contributed by atoms with Gasteiger partial charge in [-0.2, -0.15) is 4.98 Å². The van der Waals surface area contributed by atoms with Crippen LogP contribution in [0.15, 0.2) is 27.9 Å². The van der Waals surface area contributed by atoms with Gasteiger partial charge in [-0.3, -0.25) is 4.79 Å². The number of rotatable bonds is 2. The predicted octanol–water partition coefficient (Wildman–Crippen LogP) is 1.18. The number of hydrogen-bond donors (Lipinski definition) is 1. The average molecular weight is 293 g/mol. The van der Waals surface area contributed by atoms with Crippen molar-refractivity contribution in [2.45, 2.75) is 24.3 Å². The second kappa shape index (κ2) is 4.31. The molecule has 0 spiro atoms. The van der Waals surface area contributed by atoms with Gasteiger partial charge in [0.25, 0.3) is 5.56 Å². The zero-order chi connectivity index (χ0) is 14.5. The third-order valence-corrected chi connectivity index (χ3v) is 4.76. The number of nitrogens with zero attached hydrogens (tertiary/aromatic N) is 2. The van der Waals surface area contributed by atoms with E-state index < -0.39 is 15.4 Å². The van der Waals surface area contributed by atoms with Crippen molar-refractivity contribution in [3.05, 3.63) is 28.6 Å². The summed E-state index contributed by atoms with van der Waals surface area (Å²) in [5, 5.41) is 3.46. The van der Waals surface area contributed by atoms with Gasteiger partial charge in [-0.05, 0) is 24.6 Å². The zero-order valence-corrected chi connectivity index (χ0v) is 12.1. The van der Waals surface area contributed by atoms with Crippen LogP contribution in [0.2, 0.25) is 0 Å². The smallest absolute Gasteiger partial charge is 0.282 e. The van der Waals surface area contributed by atoms with Gasteiger partial charge in [-0.15, -0.1) is 0 Å². The summed E-state index contributed by atoms with van der Waals surface area (Å²) < 4.78 is 25.2. The molecule has 1 N–H and O–H groups in total. The van der Waals surface area contributed by atoms with Gasteiger partial charge in [-0.1, -0.05) is 6.92 Å². The van der Waals surface area contributed by atoms with E-state index in [4.69, 9.17) is 0 Å². The molecule has 0 bridgehead atoms. The second-order valence-corrected chi connectivity index (χ2v) is 7.02. The molecule has 0 saturated heterocycles. The van der Waals surface area contributed by atoms with Crippen LogP contribution in [0.5, 0.6) is 0 Å². The third kappa shape index (κ3) is 1.89. The van der Waals surface area contributed by atoms with Gasteiger partial charge in [0.05, 0.1) is 21.8 Å². The largest absolute Gasteiger partial charge is 0.353 e. The third-order valence-electron chi connectivity index (χ3n) is 3.65. The molecular weight excluding hydrogens is 278 g/mol. The van der Waals surface area contributed by atoms with Crippen LogP contribution in [0.25, 0.3) is 10.9 Å². The predicted molar refractivity (Wildman–Crippen MR) is 76.9 cm³/mol. The maximum atomic E-state index is 12.1. The first-order valence-electron chi connectivity index (χ1n) is 6.42. The summed E-state index contributed by atoms with van der Waals surface area (Å²) in [6, 6.07) is 4.87.